The lowest BCUT2D eigenvalue weighted by Gasteiger charge is -2.51. The SMILES string of the molecule is CC(C)NC(=O)N1[C@H](CO)[C@H](c2ccc(C#CC3CCCCC3)cc2)[C@@H]1C#N. The van der Waals surface area contributed by atoms with Crippen molar-refractivity contribution in [1.29, 1.82) is 5.26 Å². The van der Waals surface area contributed by atoms with Crippen molar-refractivity contribution < 1.29 is 9.90 Å². The zero-order valence-electron chi connectivity index (χ0n) is 16.7. The summed E-state index contributed by atoms with van der Waals surface area (Å²) in [5, 5.41) is 22.2. The third-order valence-electron chi connectivity index (χ3n) is 5.70. The normalized spacial score (nSPS) is 24.7. The molecule has 5 heteroatoms. The van der Waals surface area contributed by atoms with E-state index >= 15 is 0 Å². The molecule has 2 aliphatic rings. The maximum atomic E-state index is 12.4. The number of nitriles is 1. The van der Waals surface area contributed by atoms with Crippen molar-refractivity contribution >= 4 is 6.03 Å². The molecule has 0 unspecified atom stereocenters. The number of carbonyl (C=O) groups excluding carboxylic acids is 1. The van der Waals surface area contributed by atoms with Gasteiger partial charge in [-0.2, -0.15) is 5.26 Å². The Morgan fingerprint density at radius 1 is 1.25 bits per heavy atom. The number of hydrogen-bond donors (Lipinski definition) is 2. The highest BCUT2D eigenvalue weighted by Crippen LogP contribution is 2.40. The zero-order valence-corrected chi connectivity index (χ0v) is 16.7. The highest BCUT2D eigenvalue weighted by Gasteiger charge is 2.51. The van der Waals surface area contributed by atoms with Gasteiger partial charge in [-0.05, 0) is 44.4 Å². The van der Waals surface area contributed by atoms with Crippen molar-refractivity contribution in [2.45, 2.75) is 70.0 Å². The number of aliphatic hydroxyl groups excluding tert-OH is 1. The molecule has 1 aliphatic heterocycles. The van der Waals surface area contributed by atoms with Crippen LogP contribution in [0.4, 0.5) is 4.79 Å². The van der Waals surface area contributed by atoms with Gasteiger partial charge in [-0.25, -0.2) is 4.79 Å². The van der Waals surface area contributed by atoms with Gasteiger partial charge in [0.05, 0.1) is 18.7 Å². The average Bonchev–Trinajstić information content (AvgIpc) is 2.67. The summed E-state index contributed by atoms with van der Waals surface area (Å²) in [7, 11) is 0. The fraction of sp³-hybridized carbons (Fsp3) is 0.565. The van der Waals surface area contributed by atoms with Crippen LogP contribution in [0.1, 0.15) is 63.0 Å². The molecule has 0 bridgehead atoms. The van der Waals surface area contributed by atoms with E-state index in [1.165, 1.54) is 37.0 Å². The molecular formula is C23H29N3O2. The molecule has 3 rings (SSSR count). The number of nitrogens with zero attached hydrogens (tertiary/aromatic N) is 2. The van der Waals surface area contributed by atoms with Gasteiger partial charge in [0, 0.05) is 23.4 Å². The van der Waals surface area contributed by atoms with Gasteiger partial charge in [-0.1, -0.05) is 43.2 Å². The topological polar surface area (TPSA) is 76.4 Å². The van der Waals surface area contributed by atoms with Crippen LogP contribution in [0.3, 0.4) is 0 Å². The van der Waals surface area contributed by atoms with Crippen LogP contribution in [0.2, 0.25) is 0 Å². The van der Waals surface area contributed by atoms with Crippen molar-refractivity contribution in [3.63, 3.8) is 0 Å². The standard InChI is InChI=1S/C23H29N3O2/c1-16(2)25-23(28)26-20(14-24)22(21(26)15-27)19-12-10-18(11-13-19)9-8-17-6-4-3-5-7-17/h10-13,16-17,20-22,27H,3-7,15H2,1-2H3,(H,25,28)/t20-,21+,22+/m0/s1. The van der Waals surface area contributed by atoms with Crippen molar-refractivity contribution in [2.24, 2.45) is 5.92 Å². The number of carbonyl (C=O) groups is 1. The molecule has 148 valence electrons. The molecule has 2 amide bonds. The second kappa shape index (κ2) is 9.13. The average molecular weight is 380 g/mol. The largest absolute Gasteiger partial charge is 0.394 e. The minimum absolute atomic E-state index is 0.0211. The van der Waals surface area contributed by atoms with Crippen LogP contribution in [-0.4, -0.2) is 40.8 Å². The summed E-state index contributed by atoms with van der Waals surface area (Å²) in [5.74, 6) is 6.99. The minimum atomic E-state index is -0.574. The summed E-state index contributed by atoms with van der Waals surface area (Å²) in [6, 6.07) is 8.85. The molecule has 0 spiro atoms. The van der Waals surface area contributed by atoms with Crippen LogP contribution in [0.25, 0.3) is 0 Å². The zero-order chi connectivity index (χ0) is 20.1. The van der Waals surface area contributed by atoms with Gasteiger partial charge in [0.1, 0.15) is 6.04 Å². The molecule has 2 fully saturated rings. The first-order valence-electron chi connectivity index (χ1n) is 10.3. The monoisotopic (exact) mass is 379 g/mol. The molecule has 2 N–H and O–H groups in total. The van der Waals surface area contributed by atoms with E-state index in [1.807, 2.05) is 38.1 Å². The molecule has 1 saturated carbocycles. The fourth-order valence-electron chi connectivity index (χ4n) is 4.23. The second-order valence-electron chi connectivity index (χ2n) is 8.09. The van der Waals surface area contributed by atoms with Crippen LogP contribution >= 0.6 is 0 Å². The van der Waals surface area contributed by atoms with E-state index in [1.54, 1.807) is 0 Å². The van der Waals surface area contributed by atoms with E-state index in [0.29, 0.717) is 5.92 Å². The molecule has 1 aliphatic carbocycles. The first-order chi connectivity index (χ1) is 13.5. The highest BCUT2D eigenvalue weighted by molar-refractivity contribution is 5.77. The Morgan fingerprint density at radius 2 is 1.93 bits per heavy atom. The highest BCUT2D eigenvalue weighted by atomic mass is 16.3. The third kappa shape index (κ3) is 4.32. The van der Waals surface area contributed by atoms with E-state index in [9.17, 15) is 15.2 Å². The molecule has 1 saturated heterocycles. The van der Waals surface area contributed by atoms with Crippen molar-refractivity contribution in [3.05, 3.63) is 35.4 Å². The Hall–Kier alpha value is -2.50. The minimum Gasteiger partial charge on any atom is -0.394 e. The predicted molar refractivity (Wildman–Crippen MR) is 108 cm³/mol. The third-order valence-corrected chi connectivity index (χ3v) is 5.70. The first-order valence-corrected chi connectivity index (χ1v) is 10.3. The van der Waals surface area contributed by atoms with Crippen LogP contribution in [-0.2, 0) is 0 Å². The maximum absolute atomic E-state index is 12.4. The second-order valence-corrected chi connectivity index (χ2v) is 8.09. The number of rotatable bonds is 3. The van der Waals surface area contributed by atoms with E-state index in [4.69, 9.17) is 0 Å². The maximum Gasteiger partial charge on any atom is 0.319 e. The molecule has 0 radical (unpaired) electrons. The van der Waals surface area contributed by atoms with Crippen molar-refractivity contribution in [1.82, 2.24) is 10.2 Å². The van der Waals surface area contributed by atoms with E-state index in [-0.39, 0.29) is 30.6 Å². The number of likely N-dealkylation sites (tertiary alicyclic amines) is 1. The Labute approximate surface area is 167 Å². The summed E-state index contributed by atoms with van der Waals surface area (Å²) in [5.41, 5.74) is 1.93. The van der Waals surface area contributed by atoms with E-state index in [2.05, 4.69) is 23.2 Å². The summed E-state index contributed by atoms with van der Waals surface area (Å²) in [6.45, 7) is 3.58. The molecule has 1 heterocycles. The van der Waals surface area contributed by atoms with Gasteiger partial charge in [0.2, 0.25) is 0 Å². The first kappa shape index (κ1) is 20.2. The number of hydrogen-bond acceptors (Lipinski definition) is 3. The van der Waals surface area contributed by atoms with Gasteiger partial charge < -0.3 is 15.3 Å². The number of benzene rings is 1. The summed E-state index contributed by atoms with van der Waals surface area (Å²) in [4.78, 5) is 13.8. The molecule has 0 aromatic heterocycles. The van der Waals surface area contributed by atoms with E-state index in [0.717, 1.165) is 11.1 Å². The van der Waals surface area contributed by atoms with Crippen LogP contribution in [0.5, 0.6) is 0 Å². The number of aliphatic hydroxyl groups is 1. The van der Waals surface area contributed by atoms with E-state index < -0.39 is 6.04 Å². The molecule has 1 aromatic carbocycles. The molecule has 5 nitrogen and oxygen atoms in total. The Balaban J connectivity index is 1.71. The number of amides is 2. The molecular weight excluding hydrogens is 350 g/mol. The number of urea groups is 1. The van der Waals surface area contributed by atoms with Crippen molar-refractivity contribution in [3.8, 4) is 17.9 Å². The molecule has 3 atom stereocenters. The van der Waals surface area contributed by atoms with Crippen molar-refractivity contribution in [2.75, 3.05) is 6.61 Å². The van der Waals surface area contributed by atoms with Crippen LogP contribution in [0, 0.1) is 29.1 Å². The van der Waals surface area contributed by atoms with Gasteiger partial charge in [0.15, 0.2) is 0 Å². The van der Waals surface area contributed by atoms with Gasteiger partial charge >= 0.3 is 6.03 Å². The lowest BCUT2D eigenvalue weighted by atomic mass is 9.76. The quantitative estimate of drug-likeness (QED) is 0.791. The Kier molecular flexibility index (Phi) is 6.60. The van der Waals surface area contributed by atoms with Crippen LogP contribution < -0.4 is 5.32 Å². The van der Waals surface area contributed by atoms with Crippen LogP contribution in [0.15, 0.2) is 24.3 Å². The summed E-state index contributed by atoms with van der Waals surface area (Å²) >= 11 is 0. The summed E-state index contributed by atoms with van der Waals surface area (Å²) < 4.78 is 0. The Bertz CT molecular complexity index is 779. The summed E-state index contributed by atoms with van der Waals surface area (Å²) in [6.07, 6.45) is 6.28. The lowest BCUT2D eigenvalue weighted by Crippen LogP contribution is -2.67. The number of nitrogens with one attached hydrogen (secondary N) is 1. The smallest absolute Gasteiger partial charge is 0.319 e. The molecule has 28 heavy (non-hydrogen) atoms. The Morgan fingerprint density at radius 3 is 2.50 bits per heavy atom. The van der Waals surface area contributed by atoms with Gasteiger partial charge in [0.25, 0.3) is 0 Å². The van der Waals surface area contributed by atoms with Gasteiger partial charge in [-0.15, -0.1) is 0 Å². The predicted octanol–water partition coefficient (Wildman–Crippen LogP) is 3.39. The van der Waals surface area contributed by atoms with Gasteiger partial charge in [-0.3, -0.25) is 0 Å². The fourth-order valence-corrected chi connectivity index (χ4v) is 4.23. The lowest BCUT2D eigenvalue weighted by molar-refractivity contribution is 0.0162. The molecule has 1 aromatic rings.